The number of nitro groups is 1. The minimum atomic E-state index is -0.490. The molecule has 0 saturated carbocycles. The minimum Gasteiger partial charge on any atom is -0.325 e. The Morgan fingerprint density at radius 2 is 1.65 bits per heavy atom. The second kappa shape index (κ2) is 7.89. The molecule has 2 aromatic carbocycles. The van der Waals surface area contributed by atoms with E-state index in [0.29, 0.717) is 11.4 Å². The number of nitrogens with zero attached hydrogens (tertiary/aromatic N) is 2. The highest BCUT2D eigenvalue weighted by molar-refractivity contribution is 5.89. The first-order valence-corrected chi connectivity index (χ1v) is 7.91. The Bertz CT molecular complexity index is 844. The van der Waals surface area contributed by atoms with Gasteiger partial charge in [-0.15, -0.1) is 0 Å². The topological polar surface area (TPSA) is 97.2 Å². The number of pyridine rings is 1. The van der Waals surface area contributed by atoms with E-state index in [-0.39, 0.29) is 5.69 Å². The van der Waals surface area contributed by atoms with Gasteiger partial charge in [0.15, 0.2) is 0 Å². The molecule has 0 bridgehead atoms. The van der Waals surface area contributed by atoms with E-state index in [0.717, 1.165) is 5.56 Å². The fourth-order valence-electron chi connectivity index (χ4n) is 2.49. The third-order valence-corrected chi connectivity index (χ3v) is 3.73. The van der Waals surface area contributed by atoms with Crippen LogP contribution in [0.15, 0.2) is 79.0 Å². The van der Waals surface area contributed by atoms with Crippen molar-refractivity contribution in [3.8, 4) is 0 Å². The van der Waals surface area contributed by atoms with Gasteiger partial charge in [-0.2, -0.15) is 0 Å². The van der Waals surface area contributed by atoms with Crippen molar-refractivity contribution in [1.29, 1.82) is 0 Å². The lowest BCUT2D eigenvalue weighted by Crippen LogP contribution is -2.33. The normalized spacial score (nSPS) is 11.4. The maximum atomic E-state index is 12.4. The van der Waals surface area contributed by atoms with E-state index >= 15 is 0 Å². The van der Waals surface area contributed by atoms with E-state index in [2.05, 4.69) is 15.6 Å². The van der Waals surface area contributed by atoms with Crippen LogP contribution in [0.1, 0.15) is 17.3 Å². The maximum Gasteiger partial charge on any atom is 0.320 e. The van der Waals surface area contributed by atoms with Crippen molar-refractivity contribution in [2.45, 2.75) is 6.04 Å². The van der Waals surface area contributed by atoms with Gasteiger partial charge in [0.2, 0.25) is 0 Å². The lowest BCUT2D eigenvalue weighted by molar-refractivity contribution is -0.384. The van der Waals surface area contributed by atoms with Crippen LogP contribution in [0.3, 0.4) is 0 Å². The number of hydrogen-bond acceptors (Lipinski definition) is 4. The molecule has 0 spiro atoms. The summed E-state index contributed by atoms with van der Waals surface area (Å²) in [6, 6.07) is 19.8. The molecule has 2 amide bonds. The molecule has 3 aromatic rings. The summed E-state index contributed by atoms with van der Waals surface area (Å²) in [6.07, 6.45) is 1.67. The van der Waals surface area contributed by atoms with Gasteiger partial charge in [-0.1, -0.05) is 36.4 Å². The van der Waals surface area contributed by atoms with E-state index < -0.39 is 17.0 Å². The van der Waals surface area contributed by atoms with Crippen LogP contribution in [-0.2, 0) is 0 Å². The highest BCUT2D eigenvalue weighted by Crippen LogP contribution is 2.20. The van der Waals surface area contributed by atoms with Crippen molar-refractivity contribution in [3.63, 3.8) is 0 Å². The summed E-state index contributed by atoms with van der Waals surface area (Å²) in [5, 5.41) is 16.3. The zero-order valence-corrected chi connectivity index (χ0v) is 13.7. The van der Waals surface area contributed by atoms with Gasteiger partial charge in [0.05, 0.1) is 16.7 Å². The molecule has 1 atom stereocenters. The average Bonchev–Trinajstić information content (AvgIpc) is 2.68. The fourth-order valence-corrected chi connectivity index (χ4v) is 2.49. The van der Waals surface area contributed by atoms with Crippen LogP contribution in [0.2, 0.25) is 0 Å². The van der Waals surface area contributed by atoms with Crippen molar-refractivity contribution in [3.05, 3.63) is 100 Å². The largest absolute Gasteiger partial charge is 0.325 e. The number of rotatable bonds is 5. The number of amides is 2. The van der Waals surface area contributed by atoms with Gasteiger partial charge in [0, 0.05) is 24.0 Å². The Morgan fingerprint density at radius 1 is 0.962 bits per heavy atom. The Morgan fingerprint density at radius 3 is 2.27 bits per heavy atom. The van der Waals surface area contributed by atoms with Crippen LogP contribution in [0, 0.1) is 10.1 Å². The fraction of sp³-hybridized carbons (Fsp3) is 0.0526. The number of urea groups is 1. The summed E-state index contributed by atoms with van der Waals surface area (Å²) in [5.74, 6) is 0. The lowest BCUT2D eigenvalue weighted by Gasteiger charge is -2.19. The smallest absolute Gasteiger partial charge is 0.320 e. The zero-order chi connectivity index (χ0) is 18.4. The summed E-state index contributed by atoms with van der Waals surface area (Å²) in [5.41, 5.74) is 2.02. The van der Waals surface area contributed by atoms with Crippen molar-refractivity contribution in [1.82, 2.24) is 10.3 Å². The molecule has 2 N–H and O–H groups in total. The van der Waals surface area contributed by atoms with Gasteiger partial charge in [-0.05, 0) is 29.8 Å². The highest BCUT2D eigenvalue weighted by atomic mass is 16.6. The van der Waals surface area contributed by atoms with Gasteiger partial charge in [-0.25, -0.2) is 4.79 Å². The molecule has 0 saturated heterocycles. The van der Waals surface area contributed by atoms with Crippen LogP contribution in [0.25, 0.3) is 0 Å². The number of nitro benzene ring substituents is 1. The number of anilines is 1. The first kappa shape index (κ1) is 17.1. The molecule has 1 heterocycles. The molecule has 0 aliphatic carbocycles. The average molecular weight is 348 g/mol. The molecule has 7 heteroatoms. The molecule has 3 rings (SSSR count). The Balaban J connectivity index is 1.76. The SMILES string of the molecule is O=C(Nc1ccc([N+](=O)[O-])cc1)NC(c1ccccc1)c1ccccn1. The standard InChI is InChI=1S/C19H16N4O3/c24-19(21-15-9-11-16(12-10-15)23(25)26)22-18(14-6-2-1-3-7-14)17-8-4-5-13-20-17/h1-13,18H,(H2,21,22,24). The van der Waals surface area contributed by atoms with E-state index in [4.69, 9.17) is 0 Å². The zero-order valence-electron chi connectivity index (χ0n) is 13.7. The number of non-ortho nitro benzene ring substituents is 1. The molecule has 0 radical (unpaired) electrons. The summed E-state index contributed by atoms with van der Waals surface area (Å²) in [7, 11) is 0. The Labute approximate surface area is 149 Å². The predicted octanol–water partition coefficient (Wildman–Crippen LogP) is 3.90. The highest BCUT2D eigenvalue weighted by Gasteiger charge is 2.18. The van der Waals surface area contributed by atoms with Crippen molar-refractivity contribution in [2.75, 3.05) is 5.32 Å². The van der Waals surface area contributed by atoms with E-state index in [1.165, 1.54) is 24.3 Å². The summed E-state index contributed by atoms with van der Waals surface area (Å²) in [4.78, 5) is 26.9. The van der Waals surface area contributed by atoms with Crippen LogP contribution in [0.5, 0.6) is 0 Å². The van der Waals surface area contributed by atoms with E-state index in [9.17, 15) is 14.9 Å². The van der Waals surface area contributed by atoms with Gasteiger partial charge in [0.1, 0.15) is 0 Å². The molecule has 0 aliphatic heterocycles. The second-order valence-corrected chi connectivity index (χ2v) is 5.50. The number of aromatic nitrogens is 1. The number of benzene rings is 2. The molecule has 26 heavy (non-hydrogen) atoms. The van der Waals surface area contributed by atoms with Crippen LogP contribution in [0.4, 0.5) is 16.2 Å². The summed E-state index contributed by atoms with van der Waals surface area (Å²) >= 11 is 0. The van der Waals surface area contributed by atoms with Gasteiger partial charge < -0.3 is 10.6 Å². The lowest BCUT2D eigenvalue weighted by atomic mass is 10.0. The van der Waals surface area contributed by atoms with Crippen molar-refractivity contribution < 1.29 is 9.72 Å². The van der Waals surface area contributed by atoms with Crippen LogP contribution >= 0.6 is 0 Å². The maximum absolute atomic E-state index is 12.4. The molecule has 130 valence electrons. The summed E-state index contributed by atoms with van der Waals surface area (Å²) < 4.78 is 0. The first-order chi connectivity index (χ1) is 12.6. The molecule has 1 unspecified atom stereocenters. The molecular formula is C19H16N4O3. The third kappa shape index (κ3) is 4.21. The van der Waals surface area contributed by atoms with Gasteiger partial charge in [-0.3, -0.25) is 15.1 Å². The minimum absolute atomic E-state index is 0.0356. The van der Waals surface area contributed by atoms with Gasteiger partial charge in [0.25, 0.3) is 5.69 Å². The molecule has 0 fully saturated rings. The number of carbonyl (C=O) groups is 1. The monoisotopic (exact) mass is 348 g/mol. The summed E-state index contributed by atoms with van der Waals surface area (Å²) in [6.45, 7) is 0. The van der Waals surface area contributed by atoms with Crippen LogP contribution in [-0.4, -0.2) is 15.9 Å². The third-order valence-electron chi connectivity index (χ3n) is 3.73. The Hall–Kier alpha value is -3.74. The number of carbonyl (C=O) groups excluding carboxylic acids is 1. The quantitative estimate of drug-likeness (QED) is 0.540. The van der Waals surface area contributed by atoms with E-state index in [1.54, 1.807) is 6.20 Å². The number of hydrogen-bond donors (Lipinski definition) is 2. The van der Waals surface area contributed by atoms with Crippen molar-refractivity contribution in [2.24, 2.45) is 0 Å². The first-order valence-electron chi connectivity index (χ1n) is 7.91. The second-order valence-electron chi connectivity index (χ2n) is 5.50. The Kier molecular flexibility index (Phi) is 5.19. The van der Waals surface area contributed by atoms with Gasteiger partial charge >= 0.3 is 6.03 Å². The molecule has 7 nitrogen and oxygen atoms in total. The van der Waals surface area contributed by atoms with Crippen molar-refractivity contribution >= 4 is 17.4 Å². The van der Waals surface area contributed by atoms with E-state index in [1.807, 2.05) is 48.5 Å². The number of nitrogens with one attached hydrogen (secondary N) is 2. The molecule has 1 aromatic heterocycles. The molecular weight excluding hydrogens is 332 g/mol. The molecule has 0 aliphatic rings. The van der Waals surface area contributed by atoms with Crippen LogP contribution < -0.4 is 10.6 Å². The predicted molar refractivity (Wildman–Crippen MR) is 97.8 cm³/mol.